The van der Waals surface area contributed by atoms with Crippen LogP contribution in [0.2, 0.25) is 5.15 Å². The normalized spacial score (nSPS) is 11.3. The summed E-state index contributed by atoms with van der Waals surface area (Å²) >= 11 is 8.97. The van der Waals surface area contributed by atoms with E-state index in [9.17, 15) is 4.79 Å². The number of nitrogens with zero attached hydrogens (tertiary/aromatic N) is 2. The number of aryl methyl sites for hydroxylation is 1. The first kappa shape index (κ1) is 12.4. The average molecular weight is 293 g/mol. The highest BCUT2D eigenvalue weighted by Gasteiger charge is 2.24. The number of carbonyl (C=O) groups excluding carboxylic acids is 1. The van der Waals surface area contributed by atoms with Gasteiger partial charge in [-0.05, 0) is 26.8 Å². The number of alkyl halides is 1. The average Bonchev–Trinajstić information content (AvgIpc) is 1.99. The van der Waals surface area contributed by atoms with Crippen LogP contribution < -0.4 is 5.32 Å². The lowest BCUT2D eigenvalue weighted by atomic mass is 10.2. The zero-order chi connectivity index (χ0) is 11.6. The third-order valence-corrected chi connectivity index (χ3v) is 2.14. The third-order valence-electron chi connectivity index (χ3n) is 1.59. The van der Waals surface area contributed by atoms with Crippen molar-refractivity contribution in [1.82, 2.24) is 9.97 Å². The molecule has 82 valence electrons. The molecule has 0 fully saturated rings. The van der Waals surface area contributed by atoms with Crippen molar-refractivity contribution in [3.63, 3.8) is 0 Å². The summed E-state index contributed by atoms with van der Waals surface area (Å²) in [5, 5.41) is 2.88. The quantitative estimate of drug-likeness (QED) is 0.673. The van der Waals surface area contributed by atoms with Gasteiger partial charge in [0.1, 0.15) is 5.15 Å². The number of amides is 1. The number of hydrogen-bond donors (Lipinski definition) is 1. The van der Waals surface area contributed by atoms with Crippen molar-refractivity contribution in [2.24, 2.45) is 0 Å². The molecule has 0 atom stereocenters. The molecule has 1 aromatic rings. The summed E-state index contributed by atoms with van der Waals surface area (Å²) in [6.45, 7) is 5.25. The van der Waals surface area contributed by atoms with Crippen molar-refractivity contribution in [2.45, 2.75) is 25.1 Å². The molecule has 6 heteroatoms. The van der Waals surface area contributed by atoms with Gasteiger partial charge in [0.25, 0.3) is 0 Å². The van der Waals surface area contributed by atoms with E-state index in [1.807, 2.05) is 0 Å². The monoisotopic (exact) mass is 291 g/mol. The van der Waals surface area contributed by atoms with Crippen molar-refractivity contribution >= 4 is 39.4 Å². The Labute approximate surface area is 102 Å². The number of aromatic nitrogens is 2. The molecular weight excluding hydrogens is 281 g/mol. The van der Waals surface area contributed by atoms with E-state index in [2.05, 4.69) is 31.2 Å². The van der Waals surface area contributed by atoms with Gasteiger partial charge in [0.2, 0.25) is 11.9 Å². The molecule has 4 nitrogen and oxygen atoms in total. The molecule has 1 rings (SSSR count). The minimum Gasteiger partial charge on any atom is -0.293 e. The summed E-state index contributed by atoms with van der Waals surface area (Å²) in [5.41, 5.74) is 0.706. The summed E-state index contributed by atoms with van der Waals surface area (Å²) in [7, 11) is 0. The van der Waals surface area contributed by atoms with Crippen LogP contribution in [0.4, 0.5) is 5.95 Å². The van der Waals surface area contributed by atoms with Crippen LogP contribution in [0.1, 0.15) is 19.5 Å². The van der Waals surface area contributed by atoms with E-state index in [-0.39, 0.29) is 11.9 Å². The smallest absolute Gasteiger partial charge is 0.243 e. The maximum atomic E-state index is 11.6. The molecule has 0 saturated heterocycles. The molecule has 15 heavy (non-hydrogen) atoms. The number of rotatable bonds is 2. The van der Waals surface area contributed by atoms with Crippen molar-refractivity contribution in [3.05, 3.63) is 16.9 Å². The Morgan fingerprint density at radius 3 is 2.60 bits per heavy atom. The summed E-state index contributed by atoms with van der Waals surface area (Å²) in [6, 6.07) is 1.62. The minimum atomic E-state index is -0.660. The lowest BCUT2D eigenvalue weighted by Crippen LogP contribution is -2.31. The molecular formula is C9H11BrClN3O. The summed E-state index contributed by atoms with van der Waals surface area (Å²) in [6.07, 6.45) is 0. The van der Waals surface area contributed by atoms with Crippen molar-refractivity contribution in [2.75, 3.05) is 5.32 Å². The van der Waals surface area contributed by atoms with E-state index in [1.165, 1.54) is 0 Å². The van der Waals surface area contributed by atoms with Crippen LogP contribution in [-0.4, -0.2) is 20.2 Å². The first-order valence-electron chi connectivity index (χ1n) is 4.30. The summed E-state index contributed by atoms with van der Waals surface area (Å²) < 4.78 is -0.660. The molecule has 0 aliphatic rings. The van der Waals surface area contributed by atoms with Crippen LogP contribution in [0.3, 0.4) is 0 Å². The Bertz CT molecular complexity index is 369. The highest BCUT2D eigenvalue weighted by molar-refractivity contribution is 9.10. The zero-order valence-corrected chi connectivity index (χ0v) is 11.0. The number of hydrogen-bond acceptors (Lipinski definition) is 3. The fourth-order valence-corrected chi connectivity index (χ4v) is 1.17. The highest BCUT2D eigenvalue weighted by Crippen LogP contribution is 2.18. The van der Waals surface area contributed by atoms with E-state index in [1.54, 1.807) is 26.8 Å². The molecule has 1 aromatic heterocycles. The Balaban J connectivity index is 2.86. The third kappa shape index (κ3) is 3.76. The molecule has 0 aliphatic carbocycles. The van der Waals surface area contributed by atoms with Gasteiger partial charge in [-0.2, -0.15) is 0 Å². The second-order valence-corrected chi connectivity index (χ2v) is 5.95. The molecule has 1 amide bonds. The van der Waals surface area contributed by atoms with Gasteiger partial charge in [-0.25, -0.2) is 9.97 Å². The second kappa shape index (κ2) is 4.45. The van der Waals surface area contributed by atoms with Gasteiger partial charge >= 0.3 is 0 Å². The molecule has 0 spiro atoms. The number of carbonyl (C=O) groups is 1. The van der Waals surface area contributed by atoms with Gasteiger partial charge < -0.3 is 0 Å². The lowest BCUT2D eigenvalue weighted by Gasteiger charge is -2.14. The van der Waals surface area contributed by atoms with E-state index in [0.717, 1.165) is 0 Å². The van der Waals surface area contributed by atoms with Crippen molar-refractivity contribution < 1.29 is 4.79 Å². The van der Waals surface area contributed by atoms with E-state index in [4.69, 9.17) is 11.6 Å². The van der Waals surface area contributed by atoms with Crippen LogP contribution >= 0.6 is 27.5 Å². The Hall–Kier alpha value is -0.680. The molecule has 0 saturated carbocycles. The molecule has 0 radical (unpaired) electrons. The zero-order valence-electron chi connectivity index (χ0n) is 8.64. The highest BCUT2D eigenvalue weighted by atomic mass is 79.9. The van der Waals surface area contributed by atoms with Crippen LogP contribution in [0.5, 0.6) is 0 Å². The fourth-order valence-electron chi connectivity index (χ4n) is 0.836. The summed E-state index contributed by atoms with van der Waals surface area (Å²) in [4.78, 5) is 19.5. The molecule has 0 aliphatic heterocycles. The number of anilines is 1. The first-order chi connectivity index (χ1) is 6.79. The molecule has 0 aromatic carbocycles. The van der Waals surface area contributed by atoms with Crippen LogP contribution in [-0.2, 0) is 4.79 Å². The maximum absolute atomic E-state index is 11.6. The number of nitrogens with one attached hydrogen (secondary N) is 1. The van der Waals surface area contributed by atoms with Crippen molar-refractivity contribution in [3.8, 4) is 0 Å². The van der Waals surface area contributed by atoms with Gasteiger partial charge in [0, 0.05) is 5.69 Å². The second-order valence-electron chi connectivity index (χ2n) is 3.58. The van der Waals surface area contributed by atoms with E-state index in [0.29, 0.717) is 10.8 Å². The Morgan fingerprint density at radius 2 is 2.13 bits per heavy atom. The topological polar surface area (TPSA) is 54.9 Å². The van der Waals surface area contributed by atoms with Gasteiger partial charge in [-0.15, -0.1) is 0 Å². The fraction of sp³-hybridized carbons (Fsp3) is 0.444. The lowest BCUT2D eigenvalue weighted by molar-refractivity contribution is -0.117. The summed E-state index contributed by atoms with van der Waals surface area (Å²) in [5.74, 6) is 0.00157. The molecule has 1 N–H and O–H groups in total. The van der Waals surface area contributed by atoms with E-state index >= 15 is 0 Å². The first-order valence-corrected chi connectivity index (χ1v) is 5.47. The van der Waals surface area contributed by atoms with Crippen LogP contribution in [0.25, 0.3) is 0 Å². The predicted octanol–water partition coefficient (Wildman–Crippen LogP) is 2.55. The Morgan fingerprint density at radius 1 is 1.53 bits per heavy atom. The predicted molar refractivity (Wildman–Crippen MR) is 63.4 cm³/mol. The van der Waals surface area contributed by atoms with Gasteiger partial charge in [0.05, 0.1) is 4.32 Å². The molecule has 0 bridgehead atoms. The molecule has 1 heterocycles. The van der Waals surface area contributed by atoms with E-state index < -0.39 is 4.32 Å². The maximum Gasteiger partial charge on any atom is 0.243 e. The Kier molecular flexibility index (Phi) is 3.67. The van der Waals surface area contributed by atoms with Crippen LogP contribution in [0.15, 0.2) is 6.07 Å². The largest absolute Gasteiger partial charge is 0.293 e. The number of halogens is 2. The van der Waals surface area contributed by atoms with Crippen LogP contribution in [0, 0.1) is 6.92 Å². The van der Waals surface area contributed by atoms with Crippen molar-refractivity contribution in [1.29, 1.82) is 0 Å². The van der Waals surface area contributed by atoms with Gasteiger partial charge in [0.15, 0.2) is 0 Å². The standard InChI is InChI=1S/C9H11BrClN3O/c1-5-4-6(11)13-8(12-5)14-7(15)9(2,3)10/h4H,1-3H3,(H,12,13,14,15). The SMILES string of the molecule is Cc1cc(Cl)nc(NC(=O)C(C)(C)Br)n1. The molecule has 0 unspecified atom stereocenters. The minimum absolute atomic E-state index is 0.218. The van der Waals surface area contributed by atoms with Gasteiger partial charge in [-0.3, -0.25) is 10.1 Å². The van der Waals surface area contributed by atoms with Gasteiger partial charge in [-0.1, -0.05) is 27.5 Å².